The molecular weight excluding hydrogens is 152 g/mol. The zero-order valence-electron chi connectivity index (χ0n) is 7.79. The van der Waals surface area contributed by atoms with E-state index in [2.05, 4.69) is 12.2 Å². The lowest BCUT2D eigenvalue weighted by Crippen LogP contribution is -1.83. The Labute approximate surface area is 74.6 Å². The minimum atomic E-state index is 0.700. The van der Waals surface area contributed by atoms with Gasteiger partial charge in [0.05, 0.1) is 0 Å². The van der Waals surface area contributed by atoms with E-state index < -0.39 is 0 Å². The molecule has 0 N–H and O–H groups in total. The van der Waals surface area contributed by atoms with Crippen molar-refractivity contribution in [3.8, 4) is 0 Å². The molecule has 0 saturated carbocycles. The second kappa shape index (κ2) is 10.4. The van der Waals surface area contributed by atoms with Crippen LogP contribution >= 0.6 is 0 Å². The Morgan fingerprint density at radius 3 is 2.42 bits per heavy atom. The molecule has 0 aliphatic carbocycles. The van der Waals surface area contributed by atoms with Crippen molar-refractivity contribution in [3.63, 3.8) is 0 Å². The number of methoxy groups -OCH3 is 1. The highest BCUT2D eigenvalue weighted by atomic mass is 16.5. The Hall–Kier alpha value is -0.630. The number of allylic oxidation sites excluding steroid dienone is 1. The van der Waals surface area contributed by atoms with E-state index >= 15 is 0 Å². The van der Waals surface area contributed by atoms with Crippen molar-refractivity contribution in [2.45, 2.75) is 32.1 Å². The maximum Gasteiger partial charge on any atom is 0.119 e. The normalized spacial score (nSPS) is 10.8. The van der Waals surface area contributed by atoms with Gasteiger partial charge < -0.3 is 9.53 Å². The first-order valence-corrected chi connectivity index (χ1v) is 4.49. The molecular formula is C10H18O2. The van der Waals surface area contributed by atoms with Crippen molar-refractivity contribution in [1.82, 2.24) is 0 Å². The molecule has 0 saturated heterocycles. The zero-order valence-corrected chi connectivity index (χ0v) is 7.79. The lowest BCUT2D eigenvalue weighted by atomic mass is 10.2. The van der Waals surface area contributed by atoms with Crippen molar-refractivity contribution >= 4 is 6.29 Å². The molecule has 2 heteroatoms. The van der Waals surface area contributed by atoms with Crippen molar-refractivity contribution in [2.75, 3.05) is 13.7 Å². The summed E-state index contributed by atoms with van der Waals surface area (Å²) in [5.41, 5.74) is 0. The minimum absolute atomic E-state index is 0.700. The number of carbonyl (C=O) groups excluding carboxylic acids is 1. The Kier molecular flexibility index (Phi) is 9.83. The highest BCUT2D eigenvalue weighted by Crippen LogP contribution is 1.99. The van der Waals surface area contributed by atoms with Crippen LogP contribution in [0.2, 0.25) is 0 Å². The van der Waals surface area contributed by atoms with Crippen LogP contribution in [0.3, 0.4) is 0 Å². The third-order valence-corrected chi connectivity index (χ3v) is 1.60. The number of carbonyl (C=O) groups is 1. The minimum Gasteiger partial charge on any atom is -0.384 e. The van der Waals surface area contributed by atoms with Gasteiger partial charge in [0.25, 0.3) is 0 Å². The van der Waals surface area contributed by atoms with Crippen LogP contribution in [-0.2, 0) is 9.53 Å². The highest BCUT2D eigenvalue weighted by Gasteiger charge is 1.84. The highest BCUT2D eigenvalue weighted by molar-refractivity contribution is 5.48. The average molecular weight is 170 g/mol. The van der Waals surface area contributed by atoms with E-state index in [-0.39, 0.29) is 0 Å². The Morgan fingerprint density at radius 2 is 1.75 bits per heavy atom. The second-order valence-corrected chi connectivity index (χ2v) is 2.70. The summed E-state index contributed by atoms with van der Waals surface area (Å²) in [6, 6.07) is 0. The number of rotatable bonds is 8. The lowest BCUT2D eigenvalue weighted by Gasteiger charge is -1.92. The maximum absolute atomic E-state index is 9.94. The Bertz CT molecular complexity index is 119. The topological polar surface area (TPSA) is 26.3 Å². The van der Waals surface area contributed by atoms with Crippen LogP contribution < -0.4 is 0 Å². The van der Waals surface area contributed by atoms with E-state index in [1.807, 2.05) is 0 Å². The third kappa shape index (κ3) is 9.37. The van der Waals surface area contributed by atoms with E-state index in [0.29, 0.717) is 6.42 Å². The first-order valence-electron chi connectivity index (χ1n) is 4.49. The van der Waals surface area contributed by atoms with Gasteiger partial charge in [0.2, 0.25) is 0 Å². The summed E-state index contributed by atoms with van der Waals surface area (Å²) in [4.78, 5) is 9.94. The Balaban J connectivity index is 2.97. The molecule has 0 amide bonds. The fraction of sp³-hybridized carbons (Fsp3) is 0.700. The zero-order chi connectivity index (χ0) is 9.07. The fourth-order valence-corrected chi connectivity index (χ4v) is 0.911. The van der Waals surface area contributed by atoms with E-state index in [0.717, 1.165) is 38.6 Å². The number of hydrogen-bond donors (Lipinski definition) is 0. The largest absolute Gasteiger partial charge is 0.384 e. The molecule has 0 aromatic heterocycles. The van der Waals surface area contributed by atoms with Crippen LogP contribution in [0, 0.1) is 0 Å². The maximum atomic E-state index is 9.94. The molecule has 12 heavy (non-hydrogen) atoms. The van der Waals surface area contributed by atoms with Crippen LogP contribution in [-0.4, -0.2) is 20.0 Å². The predicted octanol–water partition coefficient (Wildman–Crippen LogP) is 2.34. The Morgan fingerprint density at radius 1 is 1.08 bits per heavy atom. The molecule has 2 nitrogen and oxygen atoms in total. The number of ether oxygens (including phenoxy) is 1. The van der Waals surface area contributed by atoms with Gasteiger partial charge >= 0.3 is 0 Å². The van der Waals surface area contributed by atoms with E-state index in [1.165, 1.54) is 0 Å². The number of unbranched alkanes of at least 4 members (excludes halogenated alkanes) is 3. The molecule has 70 valence electrons. The van der Waals surface area contributed by atoms with E-state index in [4.69, 9.17) is 4.74 Å². The monoisotopic (exact) mass is 170 g/mol. The summed E-state index contributed by atoms with van der Waals surface area (Å²) in [7, 11) is 1.71. The summed E-state index contributed by atoms with van der Waals surface area (Å²) in [6.07, 6.45) is 10.2. The molecule has 0 spiro atoms. The predicted molar refractivity (Wildman–Crippen MR) is 50.2 cm³/mol. The smallest absolute Gasteiger partial charge is 0.119 e. The summed E-state index contributed by atoms with van der Waals surface area (Å²) >= 11 is 0. The molecule has 0 aromatic carbocycles. The standard InChI is InChI=1S/C10H18O2/c1-12-10-8-6-4-2-3-5-7-9-11/h4,6,9H,2-3,5,7-8,10H2,1H3/b6-4+. The van der Waals surface area contributed by atoms with Gasteiger partial charge in [-0.2, -0.15) is 0 Å². The van der Waals surface area contributed by atoms with Crippen LogP contribution in [0.5, 0.6) is 0 Å². The van der Waals surface area contributed by atoms with Gasteiger partial charge in [-0.05, 0) is 25.7 Å². The van der Waals surface area contributed by atoms with Crippen molar-refractivity contribution < 1.29 is 9.53 Å². The molecule has 0 heterocycles. The first-order chi connectivity index (χ1) is 5.91. The van der Waals surface area contributed by atoms with Crippen LogP contribution in [0.15, 0.2) is 12.2 Å². The summed E-state index contributed by atoms with van der Waals surface area (Å²) in [5.74, 6) is 0. The number of aldehydes is 1. The van der Waals surface area contributed by atoms with Crippen LogP contribution in [0.25, 0.3) is 0 Å². The fourth-order valence-electron chi connectivity index (χ4n) is 0.911. The molecule has 0 fully saturated rings. The summed E-state index contributed by atoms with van der Waals surface area (Å²) < 4.78 is 4.89. The first kappa shape index (κ1) is 11.4. The average Bonchev–Trinajstić information content (AvgIpc) is 2.10. The molecule has 0 aliphatic rings. The number of hydrogen-bond acceptors (Lipinski definition) is 2. The van der Waals surface area contributed by atoms with Crippen molar-refractivity contribution in [1.29, 1.82) is 0 Å². The molecule has 0 aliphatic heterocycles. The van der Waals surface area contributed by atoms with Gasteiger partial charge in [-0.3, -0.25) is 0 Å². The summed E-state index contributed by atoms with van der Waals surface area (Å²) in [5, 5.41) is 0. The molecule has 0 unspecified atom stereocenters. The van der Waals surface area contributed by atoms with Crippen LogP contribution in [0.4, 0.5) is 0 Å². The van der Waals surface area contributed by atoms with E-state index in [1.54, 1.807) is 7.11 Å². The van der Waals surface area contributed by atoms with Gasteiger partial charge in [-0.25, -0.2) is 0 Å². The quantitative estimate of drug-likeness (QED) is 0.317. The molecule has 0 rings (SSSR count). The van der Waals surface area contributed by atoms with Crippen LogP contribution in [0.1, 0.15) is 32.1 Å². The van der Waals surface area contributed by atoms with Gasteiger partial charge in [0.15, 0.2) is 0 Å². The lowest BCUT2D eigenvalue weighted by molar-refractivity contribution is -0.107. The van der Waals surface area contributed by atoms with Crippen molar-refractivity contribution in [2.24, 2.45) is 0 Å². The van der Waals surface area contributed by atoms with Gasteiger partial charge in [-0.1, -0.05) is 12.2 Å². The molecule has 0 radical (unpaired) electrons. The van der Waals surface area contributed by atoms with Gasteiger partial charge in [0.1, 0.15) is 6.29 Å². The third-order valence-electron chi connectivity index (χ3n) is 1.60. The SMILES string of the molecule is COCC/C=C/CCCCC=O. The van der Waals surface area contributed by atoms with Crippen molar-refractivity contribution in [3.05, 3.63) is 12.2 Å². The molecule has 0 aromatic rings. The molecule has 0 atom stereocenters. The van der Waals surface area contributed by atoms with Gasteiger partial charge in [0, 0.05) is 20.1 Å². The molecule has 0 bridgehead atoms. The summed E-state index contributed by atoms with van der Waals surface area (Å²) in [6.45, 7) is 0.796. The van der Waals surface area contributed by atoms with Gasteiger partial charge in [-0.15, -0.1) is 0 Å². The van der Waals surface area contributed by atoms with E-state index in [9.17, 15) is 4.79 Å². The second-order valence-electron chi connectivity index (χ2n) is 2.70.